The topological polar surface area (TPSA) is 86.6 Å². The van der Waals surface area contributed by atoms with E-state index in [1.165, 1.54) is 0 Å². The summed E-state index contributed by atoms with van der Waals surface area (Å²) < 4.78 is 0. The zero-order chi connectivity index (χ0) is 10.6. The summed E-state index contributed by atoms with van der Waals surface area (Å²) in [4.78, 5) is 21.4. The number of nitrogens with one attached hydrogen (secondary N) is 1. The normalized spacial score (nSPS) is 26.9. The molecule has 5 nitrogen and oxygen atoms in total. The van der Waals surface area contributed by atoms with Gasteiger partial charge in [-0.3, -0.25) is 9.59 Å². The van der Waals surface area contributed by atoms with Gasteiger partial charge in [-0.2, -0.15) is 0 Å². The lowest BCUT2D eigenvalue weighted by Crippen LogP contribution is -2.39. The first-order valence-corrected chi connectivity index (χ1v) is 4.76. The van der Waals surface area contributed by atoms with E-state index in [-0.39, 0.29) is 17.9 Å². The number of rotatable bonds is 3. The number of aliphatic hydroxyl groups is 1. The summed E-state index contributed by atoms with van der Waals surface area (Å²) in [5.74, 6) is -1.40. The Kier molecular flexibility index (Phi) is 3.88. The van der Waals surface area contributed by atoms with Crippen molar-refractivity contribution in [3.05, 3.63) is 0 Å². The fourth-order valence-electron chi connectivity index (χ4n) is 1.76. The maximum atomic E-state index is 10.8. The first kappa shape index (κ1) is 11.0. The monoisotopic (exact) mass is 201 g/mol. The molecule has 1 amide bonds. The first-order valence-electron chi connectivity index (χ1n) is 4.76. The van der Waals surface area contributed by atoms with Gasteiger partial charge in [-0.05, 0) is 25.7 Å². The summed E-state index contributed by atoms with van der Waals surface area (Å²) in [6.07, 6.45) is 2.57. The molecule has 0 aromatic heterocycles. The number of carbonyl (C=O) groups is 2. The maximum Gasteiger partial charge on any atom is 0.306 e. The molecule has 0 bridgehead atoms. The van der Waals surface area contributed by atoms with E-state index < -0.39 is 12.6 Å². The third kappa shape index (κ3) is 2.99. The van der Waals surface area contributed by atoms with Crippen molar-refractivity contribution in [2.24, 2.45) is 5.92 Å². The quantitative estimate of drug-likeness (QED) is 0.587. The van der Waals surface area contributed by atoms with E-state index >= 15 is 0 Å². The predicted molar refractivity (Wildman–Crippen MR) is 48.6 cm³/mol. The summed E-state index contributed by atoms with van der Waals surface area (Å²) in [5, 5.41) is 19.9. The van der Waals surface area contributed by atoms with Gasteiger partial charge in [0.1, 0.15) is 6.61 Å². The van der Waals surface area contributed by atoms with Gasteiger partial charge in [0.05, 0.1) is 5.92 Å². The highest BCUT2D eigenvalue weighted by Crippen LogP contribution is 2.24. The lowest BCUT2D eigenvalue weighted by Gasteiger charge is -2.26. The second kappa shape index (κ2) is 4.95. The van der Waals surface area contributed by atoms with Gasteiger partial charge in [0, 0.05) is 6.04 Å². The molecule has 1 aliphatic carbocycles. The molecular formula is C9H15NO4. The summed E-state index contributed by atoms with van der Waals surface area (Å²) >= 11 is 0. The zero-order valence-corrected chi connectivity index (χ0v) is 7.90. The molecule has 0 heterocycles. The lowest BCUT2D eigenvalue weighted by molar-refractivity contribution is -0.142. The molecule has 0 atom stereocenters. The fraction of sp³-hybridized carbons (Fsp3) is 0.778. The Balaban J connectivity index is 2.29. The summed E-state index contributed by atoms with van der Waals surface area (Å²) in [5.41, 5.74) is 0. The Morgan fingerprint density at radius 1 is 1.21 bits per heavy atom. The molecule has 3 N–H and O–H groups in total. The summed E-state index contributed by atoms with van der Waals surface area (Å²) in [6.45, 7) is -0.501. The molecule has 0 aliphatic heterocycles. The predicted octanol–water partition coefficient (Wildman–Crippen LogP) is -0.262. The number of aliphatic hydroxyl groups excluding tert-OH is 1. The number of carboxylic acid groups (broad SMARTS) is 1. The minimum atomic E-state index is -0.753. The van der Waals surface area contributed by atoms with Crippen LogP contribution in [0, 0.1) is 5.92 Å². The Morgan fingerprint density at radius 3 is 2.21 bits per heavy atom. The molecule has 1 saturated carbocycles. The van der Waals surface area contributed by atoms with Gasteiger partial charge in [-0.1, -0.05) is 0 Å². The van der Waals surface area contributed by atoms with Gasteiger partial charge < -0.3 is 15.5 Å². The van der Waals surface area contributed by atoms with Crippen LogP contribution in [0.15, 0.2) is 0 Å². The molecule has 0 radical (unpaired) electrons. The van der Waals surface area contributed by atoms with Crippen LogP contribution in [0.25, 0.3) is 0 Å². The number of hydrogen-bond donors (Lipinski definition) is 3. The fourth-order valence-corrected chi connectivity index (χ4v) is 1.76. The number of amides is 1. The lowest BCUT2D eigenvalue weighted by atomic mass is 9.86. The van der Waals surface area contributed by atoms with Gasteiger partial charge in [-0.25, -0.2) is 0 Å². The van der Waals surface area contributed by atoms with E-state index in [0.29, 0.717) is 25.7 Å². The Bertz CT molecular complexity index is 221. The standard InChI is InChI=1S/C9H15NO4/c11-5-8(12)10-7-3-1-6(2-4-7)9(13)14/h6-7,11H,1-5H2,(H,10,12)(H,13,14). The molecule has 5 heteroatoms. The first-order chi connectivity index (χ1) is 6.63. The maximum absolute atomic E-state index is 10.8. The Labute approximate surface area is 82.1 Å². The molecule has 0 unspecified atom stereocenters. The highest BCUT2D eigenvalue weighted by Gasteiger charge is 2.26. The average Bonchev–Trinajstić information content (AvgIpc) is 2.18. The van der Waals surface area contributed by atoms with Crippen LogP contribution in [0.2, 0.25) is 0 Å². The Morgan fingerprint density at radius 2 is 1.79 bits per heavy atom. The molecule has 1 aliphatic rings. The van der Waals surface area contributed by atoms with Gasteiger partial charge >= 0.3 is 5.97 Å². The molecule has 14 heavy (non-hydrogen) atoms. The van der Waals surface area contributed by atoms with Crippen molar-refractivity contribution in [2.45, 2.75) is 31.7 Å². The minimum absolute atomic E-state index is 0.0326. The van der Waals surface area contributed by atoms with Gasteiger partial charge in [0.15, 0.2) is 0 Å². The van der Waals surface area contributed by atoms with Gasteiger partial charge in [-0.15, -0.1) is 0 Å². The Hall–Kier alpha value is -1.10. The molecule has 0 saturated heterocycles. The third-order valence-corrected chi connectivity index (χ3v) is 2.59. The van der Waals surface area contributed by atoms with Crippen LogP contribution in [-0.4, -0.2) is 34.7 Å². The molecule has 0 aromatic rings. The van der Waals surface area contributed by atoms with E-state index in [2.05, 4.69) is 5.32 Å². The second-order valence-corrected chi connectivity index (χ2v) is 3.61. The largest absolute Gasteiger partial charge is 0.481 e. The van der Waals surface area contributed by atoms with Gasteiger partial charge in [0.2, 0.25) is 5.91 Å². The van der Waals surface area contributed by atoms with E-state index in [4.69, 9.17) is 10.2 Å². The smallest absolute Gasteiger partial charge is 0.306 e. The SMILES string of the molecule is O=C(CO)NC1CCC(C(=O)O)CC1. The van der Waals surface area contributed by atoms with Crippen molar-refractivity contribution in [1.82, 2.24) is 5.32 Å². The highest BCUT2D eigenvalue weighted by atomic mass is 16.4. The molecule has 80 valence electrons. The molecule has 0 spiro atoms. The minimum Gasteiger partial charge on any atom is -0.481 e. The van der Waals surface area contributed by atoms with Crippen molar-refractivity contribution in [1.29, 1.82) is 0 Å². The summed E-state index contributed by atoms with van der Waals surface area (Å²) in [7, 11) is 0. The van der Waals surface area contributed by atoms with Crippen LogP contribution in [0.5, 0.6) is 0 Å². The van der Waals surface area contributed by atoms with Crippen LogP contribution >= 0.6 is 0 Å². The van der Waals surface area contributed by atoms with Crippen molar-refractivity contribution in [2.75, 3.05) is 6.61 Å². The van der Waals surface area contributed by atoms with Crippen LogP contribution in [-0.2, 0) is 9.59 Å². The van der Waals surface area contributed by atoms with Crippen molar-refractivity contribution >= 4 is 11.9 Å². The third-order valence-electron chi connectivity index (χ3n) is 2.59. The molecule has 0 aromatic carbocycles. The number of carboxylic acids is 1. The van der Waals surface area contributed by atoms with E-state index in [0.717, 1.165) is 0 Å². The average molecular weight is 201 g/mol. The van der Waals surface area contributed by atoms with E-state index in [1.54, 1.807) is 0 Å². The van der Waals surface area contributed by atoms with E-state index in [1.807, 2.05) is 0 Å². The van der Waals surface area contributed by atoms with Crippen molar-refractivity contribution < 1.29 is 19.8 Å². The van der Waals surface area contributed by atoms with Crippen LogP contribution in [0.1, 0.15) is 25.7 Å². The summed E-state index contributed by atoms with van der Waals surface area (Å²) in [6, 6.07) is 0.0326. The number of carbonyl (C=O) groups excluding carboxylic acids is 1. The number of hydrogen-bond acceptors (Lipinski definition) is 3. The van der Waals surface area contributed by atoms with Gasteiger partial charge in [0.25, 0.3) is 0 Å². The van der Waals surface area contributed by atoms with Crippen LogP contribution in [0.3, 0.4) is 0 Å². The van der Waals surface area contributed by atoms with Crippen LogP contribution < -0.4 is 5.32 Å². The van der Waals surface area contributed by atoms with Crippen LogP contribution in [0.4, 0.5) is 0 Å². The molecular weight excluding hydrogens is 186 g/mol. The molecule has 1 rings (SSSR count). The van der Waals surface area contributed by atoms with Crippen molar-refractivity contribution in [3.63, 3.8) is 0 Å². The number of aliphatic carboxylic acids is 1. The van der Waals surface area contributed by atoms with E-state index in [9.17, 15) is 9.59 Å². The van der Waals surface area contributed by atoms with Crippen molar-refractivity contribution in [3.8, 4) is 0 Å². The molecule has 1 fully saturated rings. The highest BCUT2D eigenvalue weighted by molar-refractivity contribution is 5.77. The zero-order valence-electron chi connectivity index (χ0n) is 7.90. The second-order valence-electron chi connectivity index (χ2n) is 3.61.